The third-order valence-electron chi connectivity index (χ3n) is 3.02. The number of hydrogen-bond acceptors (Lipinski definition) is 4. The van der Waals surface area contributed by atoms with E-state index in [1.165, 1.54) is 6.07 Å². The minimum Gasteiger partial charge on any atom is -0.377 e. The Morgan fingerprint density at radius 2 is 2.00 bits per heavy atom. The van der Waals surface area contributed by atoms with Crippen LogP contribution in [0.5, 0.6) is 0 Å². The molecule has 0 aromatic heterocycles. The number of sulfonamides is 1. The molecule has 118 valence electrons. The van der Waals surface area contributed by atoms with Gasteiger partial charge in [-0.25, -0.2) is 13.6 Å². The average Bonchev–Trinajstić information content (AvgIpc) is 2.37. The van der Waals surface area contributed by atoms with Crippen molar-refractivity contribution in [2.45, 2.75) is 31.3 Å². The molecule has 0 heterocycles. The van der Waals surface area contributed by atoms with Crippen LogP contribution >= 0.6 is 15.9 Å². The zero-order chi connectivity index (χ0) is 16.4. The highest BCUT2D eigenvalue weighted by Gasteiger charge is 2.21. The standard InChI is InChI=1S/C13H19BrN2O4S/c1-8-5-9(6-10(11(8)14)21(15,18)19)12(17)16-7-13(2,3)20-4/h5-6H,7H2,1-4H3,(H,16,17)(H2,15,18,19). The smallest absolute Gasteiger partial charge is 0.251 e. The second kappa shape index (κ2) is 6.43. The van der Waals surface area contributed by atoms with Gasteiger partial charge in [0, 0.05) is 23.7 Å². The lowest BCUT2D eigenvalue weighted by molar-refractivity contribution is 0.0228. The molecule has 0 fully saturated rings. The number of aryl methyl sites for hydroxylation is 1. The Hall–Kier alpha value is -0.960. The molecule has 0 atom stereocenters. The van der Waals surface area contributed by atoms with Crippen LogP contribution in [0.2, 0.25) is 0 Å². The van der Waals surface area contributed by atoms with Gasteiger partial charge < -0.3 is 10.1 Å². The summed E-state index contributed by atoms with van der Waals surface area (Å²) >= 11 is 3.17. The number of rotatable bonds is 5. The summed E-state index contributed by atoms with van der Waals surface area (Å²) in [4.78, 5) is 12.0. The van der Waals surface area contributed by atoms with Gasteiger partial charge in [-0.3, -0.25) is 4.79 Å². The summed E-state index contributed by atoms with van der Waals surface area (Å²) in [5.41, 5.74) is 0.326. The first-order valence-corrected chi connectivity index (χ1v) is 8.48. The Kier molecular flexibility index (Phi) is 5.54. The van der Waals surface area contributed by atoms with E-state index in [0.717, 1.165) is 0 Å². The van der Waals surface area contributed by atoms with Crippen LogP contribution in [-0.4, -0.2) is 33.6 Å². The van der Waals surface area contributed by atoms with Crippen LogP contribution in [-0.2, 0) is 14.8 Å². The molecule has 0 saturated heterocycles. The van der Waals surface area contributed by atoms with Crippen LogP contribution in [0.3, 0.4) is 0 Å². The molecule has 0 spiro atoms. The van der Waals surface area contributed by atoms with Gasteiger partial charge in [0.2, 0.25) is 10.0 Å². The van der Waals surface area contributed by atoms with Gasteiger partial charge in [0.05, 0.1) is 10.5 Å². The zero-order valence-corrected chi connectivity index (χ0v) is 14.8. The first kappa shape index (κ1) is 18.1. The van der Waals surface area contributed by atoms with Crippen LogP contribution in [0.25, 0.3) is 0 Å². The quantitative estimate of drug-likeness (QED) is 0.811. The molecule has 1 rings (SSSR count). The summed E-state index contributed by atoms with van der Waals surface area (Å²) in [6.45, 7) is 5.64. The zero-order valence-electron chi connectivity index (χ0n) is 12.4. The molecule has 6 nitrogen and oxygen atoms in total. The van der Waals surface area contributed by atoms with Crippen molar-refractivity contribution in [3.8, 4) is 0 Å². The van der Waals surface area contributed by atoms with Crippen LogP contribution in [0.4, 0.5) is 0 Å². The summed E-state index contributed by atoms with van der Waals surface area (Å²) in [6, 6.07) is 2.84. The molecule has 21 heavy (non-hydrogen) atoms. The molecule has 0 unspecified atom stereocenters. The van der Waals surface area contributed by atoms with E-state index >= 15 is 0 Å². The molecule has 0 aliphatic heterocycles. The number of methoxy groups -OCH3 is 1. The number of carbonyl (C=O) groups excluding carboxylic acids is 1. The van der Waals surface area contributed by atoms with E-state index in [2.05, 4.69) is 21.2 Å². The minimum absolute atomic E-state index is 0.112. The summed E-state index contributed by atoms with van der Waals surface area (Å²) < 4.78 is 28.6. The van der Waals surface area contributed by atoms with E-state index in [0.29, 0.717) is 16.6 Å². The fourth-order valence-corrected chi connectivity index (χ4v) is 3.15. The van der Waals surface area contributed by atoms with Gasteiger partial charge >= 0.3 is 0 Å². The third-order valence-corrected chi connectivity index (χ3v) is 5.27. The van der Waals surface area contributed by atoms with Crippen molar-refractivity contribution in [2.24, 2.45) is 5.14 Å². The normalized spacial score (nSPS) is 12.3. The van der Waals surface area contributed by atoms with Crippen LogP contribution in [0, 0.1) is 6.92 Å². The van der Waals surface area contributed by atoms with Crippen LogP contribution < -0.4 is 10.5 Å². The summed E-state index contributed by atoms with van der Waals surface area (Å²) in [7, 11) is -2.36. The number of carbonyl (C=O) groups is 1. The maximum absolute atomic E-state index is 12.1. The molecule has 0 aliphatic rings. The predicted octanol–water partition coefficient (Wildman–Crippen LogP) is 1.56. The van der Waals surface area contributed by atoms with Gasteiger partial charge in [0.25, 0.3) is 5.91 Å². The van der Waals surface area contributed by atoms with E-state index in [9.17, 15) is 13.2 Å². The van der Waals surface area contributed by atoms with Crippen molar-refractivity contribution in [1.29, 1.82) is 0 Å². The van der Waals surface area contributed by atoms with E-state index in [1.54, 1.807) is 20.1 Å². The Morgan fingerprint density at radius 1 is 1.43 bits per heavy atom. The highest BCUT2D eigenvalue weighted by Crippen LogP contribution is 2.26. The average molecular weight is 379 g/mol. The lowest BCUT2D eigenvalue weighted by Gasteiger charge is -2.23. The van der Waals surface area contributed by atoms with Gasteiger partial charge in [-0.15, -0.1) is 0 Å². The van der Waals surface area contributed by atoms with E-state index < -0.39 is 15.6 Å². The fourth-order valence-electron chi connectivity index (χ4n) is 1.54. The number of amides is 1. The van der Waals surface area contributed by atoms with E-state index in [4.69, 9.17) is 9.88 Å². The summed E-state index contributed by atoms with van der Waals surface area (Å²) in [6.07, 6.45) is 0. The number of nitrogens with two attached hydrogens (primary N) is 1. The molecule has 0 bridgehead atoms. The molecule has 1 aromatic carbocycles. The Balaban J connectivity index is 3.10. The molecular weight excluding hydrogens is 360 g/mol. The Morgan fingerprint density at radius 3 is 2.48 bits per heavy atom. The van der Waals surface area contributed by atoms with Crippen molar-refractivity contribution in [3.63, 3.8) is 0 Å². The van der Waals surface area contributed by atoms with Crippen LogP contribution in [0.1, 0.15) is 29.8 Å². The lowest BCUT2D eigenvalue weighted by atomic mass is 10.1. The molecule has 1 aromatic rings. The van der Waals surface area contributed by atoms with Gasteiger partial charge in [0.1, 0.15) is 0 Å². The number of halogens is 1. The summed E-state index contributed by atoms with van der Waals surface area (Å²) in [5, 5.41) is 7.85. The second-order valence-electron chi connectivity index (χ2n) is 5.30. The van der Waals surface area contributed by atoms with E-state index in [-0.39, 0.29) is 16.4 Å². The number of nitrogens with one attached hydrogen (secondary N) is 1. The molecule has 1 amide bonds. The van der Waals surface area contributed by atoms with Gasteiger partial charge in [-0.05, 0) is 54.4 Å². The number of ether oxygens (including phenoxy) is 1. The molecule has 0 radical (unpaired) electrons. The molecule has 8 heteroatoms. The highest BCUT2D eigenvalue weighted by atomic mass is 79.9. The van der Waals surface area contributed by atoms with Crippen LogP contribution in [0.15, 0.2) is 21.5 Å². The monoisotopic (exact) mass is 378 g/mol. The molecule has 0 saturated carbocycles. The largest absolute Gasteiger partial charge is 0.377 e. The van der Waals surface area contributed by atoms with E-state index in [1.807, 2.05) is 13.8 Å². The number of hydrogen-bond donors (Lipinski definition) is 2. The van der Waals surface area contributed by atoms with Crippen molar-refractivity contribution in [3.05, 3.63) is 27.7 Å². The molecule has 0 aliphatic carbocycles. The minimum atomic E-state index is -3.91. The van der Waals surface area contributed by atoms with Crippen molar-refractivity contribution >= 4 is 31.9 Å². The maximum atomic E-state index is 12.1. The van der Waals surface area contributed by atoms with Gasteiger partial charge in [0.15, 0.2) is 0 Å². The topological polar surface area (TPSA) is 98.5 Å². The Bertz CT molecular complexity index is 656. The number of benzene rings is 1. The molecule has 3 N–H and O–H groups in total. The van der Waals surface area contributed by atoms with Gasteiger partial charge in [-0.1, -0.05) is 0 Å². The maximum Gasteiger partial charge on any atom is 0.251 e. The predicted molar refractivity (Wildman–Crippen MR) is 83.7 cm³/mol. The van der Waals surface area contributed by atoms with Crippen molar-refractivity contribution < 1.29 is 17.9 Å². The number of primary sulfonamides is 1. The van der Waals surface area contributed by atoms with Gasteiger partial charge in [-0.2, -0.15) is 0 Å². The second-order valence-corrected chi connectivity index (χ2v) is 7.62. The third kappa shape index (κ3) is 4.77. The fraction of sp³-hybridized carbons (Fsp3) is 0.462. The first-order chi connectivity index (χ1) is 9.48. The Labute approximate surface area is 133 Å². The lowest BCUT2D eigenvalue weighted by Crippen LogP contribution is -2.39. The first-order valence-electron chi connectivity index (χ1n) is 6.14. The highest BCUT2D eigenvalue weighted by molar-refractivity contribution is 9.10. The summed E-state index contributed by atoms with van der Waals surface area (Å²) in [5.74, 6) is -0.388. The van der Waals surface area contributed by atoms with Crippen molar-refractivity contribution in [2.75, 3.05) is 13.7 Å². The SMILES string of the molecule is COC(C)(C)CNC(=O)c1cc(C)c(Br)c(S(N)(=O)=O)c1. The molecular formula is C13H19BrN2O4S. The van der Waals surface area contributed by atoms with Crippen molar-refractivity contribution in [1.82, 2.24) is 5.32 Å².